The van der Waals surface area contributed by atoms with Gasteiger partial charge in [-0.05, 0) is 67.1 Å². The normalized spacial score (nSPS) is 15.9. The molecule has 27 heavy (non-hydrogen) atoms. The quantitative estimate of drug-likeness (QED) is 0.553. The van der Waals surface area contributed by atoms with Crippen LogP contribution in [0.4, 0.5) is 4.79 Å². The highest BCUT2D eigenvalue weighted by Crippen LogP contribution is 2.34. The molecule has 0 unspecified atom stereocenters. The van der Waals surface area contributed by atoms with E-state index in [4.69, 9.17) is 27.9 Å². The number of imide groups is 1. The maximum atomic E-state index is 12.6. The Hall–Kier alpha value is -1.95. The average Bonchev–Trinajstić information content (AvgIpc) is 2.86. The average molecular weight is 422 g/mol. The van der Waals surface area contributed by atoms with Crippen molar-refractivity contribution in [2.45, 2.75) is 26.5 Å². The molecular weight excluding hydrogens is 405 g/mol. The van der Waals surface area contributed by atoms with Gasteiger partial charge in [-0.25, -0.2) is 0 Å². The SMILES string of the molecule is CC(C)Oc1ccc(/C=C2/SC(=O)N(Cc3ccc(Cl)cc3)C2=O)cc1Cl. The van der Waals surface area contributed by atoms with Crippen LogP contribution in [0, 0.1) is 0 Å². The summed E-state index contributed by atoms with van der Waals surface area (Å²) in [5, 5.41) is 0.763. The van der Waals surface area contributed by atoms with Gasteiger partial charge in [-0.2, -0.15) is 0 Å². The second-order valence-corrected chi connectivity index (χ2v) is 8.09. The first-order valence-corrected chi connectivity index (χ1v) is 9.87. The van der Waals surface area contributed by atoms with Crippen LogP contribution in [0.15, 0.2) is 47.4 Å². The largest absolute Gasteiger partial charge is 0.489 e. The van der Waals surface area contributed by atoms with Gasteiger partial charge in [0.15, 0.2) is 0 Å². The summed E-state index contributed by atoms with van der Waals surface area (Å²) in [5.41, 5.74) is 1.56. The molecule has 2 aromatic rings. The molecule has 1 aliphatic rings. The molecule has 2 aromatic carbocycles. The highest BCUT2D eigenvalue weighted by atomic mass is 35.5. The first-order valence-electron chi connectivity index (χ1n) is 8.29. The van der Waals surface area contributed by atoms with Gasteiger partial charge in [0.05, 0.1) is 22.6 Å². The summed E-state index contributed by atoms with van der Waals surface area (Å²) in [4.78, 5) is 26.5. The second kappa shape index (κ2) is 8.38. The molecule has 0 aromatic heterocycles. The highest BCUT2D eigenvalue weighted by Gasteiger charge is 2.35. The van der Waals surface area contributed by atoms with Crippen LogP contribution >= 0.6 is 35.0 Å². The highest BCUT2D eigenvalue weighted by molar-refractivity contribution is 8.18. The predicted octanol–water partition coefficient (Wildman–Crippen LogP) is 6.02. The Labute approximate surface area is 172 Å². The van der Waals surface area contributed by atoms with Crippen LogP contribution in [-0.4, -0.2) is 22.2 Å². The molecule has 3 rings (SSSR count). The van der Waals surface area contributed by atoms with Crippen LogP contribution < -0.4 is 4.74 Å². The Morgan fingerprint density at radius 2 is 1.81 bits per heavy atom. The summed E-state index contributed by atoms with van der Waals surface area (Å²) in [6, 6.07) is 12.3. The van der Waals surface area contributed by atoms with E-state index in [2.05, 4.69) is 0 Å². The van der Waals surface area contributed by atoms with E-state index in [0.29, 0.717) is 20.7 Å². The Balaban J connectivity index is 1.77. The van der Waals surface area contributed by atoms with Crippen molar-refractivity contribution in [1.29, 1.82) is 0 Å². The minimum atomic E-state index is -0.321. The standard InChI is InChI=1S/C20H17Cl2NO3S/c1-12(2)26-17-8-5-14(9-16(17)22)10-18-19(24)23(20(25)27-18)11-13-3-6-15(21)7-4-13/h3-10,12H,11H2,1-2H3/b18-10+. The molecule has 0 radical (unpaired) electrons. The summed E-state index contributed by atoms with van der Waals surface area (Å²) in [6.45, 7) is 4.04. The maximum Gasteiger partial charge on any atom is 0.293 e. The van der Waals surface area contributed by atoms with Crippen molar-refractivity contribution in [2.75, 3.05) is 0 Å². The summed E-state index contributed by atoms with van der Waals surface area (Å²) >= 11 is 13.0. The third kappa shape index (κ3) is 4.86. The lowest BCUT2D eigenvalue weighted by Gasteiger charge is -2.12. The van der Waals surface area contributed by atoms with Crippen LogP contribution in [0.5, 0.6) is 5.75 Å². The van der Waals surface area contributed by atoms with Crippen LogP contribution in [0.2, 0.25) is 10.0 Å². The number of hydrogen-bond donors (Lipinski definition) is 0. The number of carbonyl (C=O) groups excluding carboxylic acids is 2. The van der Waals surface area contributed by atoms with E-state index in [1.165, 1.54) is 4.90 Å². The van der Waals surface area contributed by atoms with E-state index in [1.54, 1.807) is 48.5 Å². The van der Waals surface area contributed by atoms with Crippen LogP contribution in [0.25, 0.3) is 6.08 Å². The molecule has 7 heteroatoms. The van der Waals surface area contributed by atoms with Gasteiger partial charge in [0.25, 0.3) is 11.1 Å². The smallest absolute Gasteiger partial charge is 0.293 e. The molecule has 0 aliphatic carbocycles. The molecular formula is C20H17Cl2NO3S. The molecule has 0 bridgehead atoms. The second-order valence-electron chi connectivity index (χ2n) is 6.25. The molecule has 0 N–H and O–H groups in total. The molecule has 1 saturated heterocycles. The third-order valence-electron chi connectivity index (χ3n) is 3.74. The van der Waals surface area contributed by atoms with E-state index in [0.717, 1.165) is 22.9 Å². The van der Waals surface area contributed by atoms with Gasteiger partial charge in [-0.3, -0.25) is 14.5 Å². The van der Waals surface area contributed by atoms with Crippen LogP contribution in [-0.2, 0) is 11.3 Å². The minimum Gasteiger partial charge on any atom is -0.489 e. The number of rotatable bonds is 5. The first-order chi connectivity index (χ1) is 12.8. The number of thioether (sulfide) groups is 1. The Kier molecular flexibility index (Phi) is 6.15. The van der Waals surface area contributed by atoms with Crippen molar-refractivity contribution < 1.29 is 14.3 Å². The van der Waals surface area contributed by atoms with Crippen molar-refractivity contribution in [3.05, 3.63) is 68.5 Å². The van der Waals surface area contributed by atoms with Gasteiger partial charge in [-0.1, -0.05) is 41.4 Å². The summed E-state index contributed by atoms with van der Waals surface area (Å²) < 4.78 is 5.60. The van der Waals surface area contributed by atoms with E-state index in [9.17, 15) is 9.59 Å². The number of amides is 2. The van der Waals surface area contributed by atoms with Crippen molar-refractivity contribution >= 4 is 52.2 Å². The van der Waals surface area contributed by atoms with E-state index in [-0.39, 0.29) is 23.8 Å². The monoisotopic (exact) mass is 421 g/mol. The van der Waals surface area contributed by atoms with Crippen LogP contribution in [0.1, 0.15) is 25.0 Å². The van der Waals surface area contributed by atoms with Crippen molar-refractivity contribution in [3.8, 4) is 5.75 Å². The van der Waals surface area contributed by atoms with Crippen molar-refractivity contribution in [2.24, 2.45) is 0 Å². The molecule has 1 aliphatic heterocycles. The molecule has 1 fully saturated rings. The topological polar surface area (TPSA) is 46.6 Å². The number of carbonyl (C=O) groups is 2. The lowest BCUT2D eigenvalue weighted by Crippen LogP contribution is -2.27. The van der Waals surface area contributed by atoms with Crippen LogP contribution in [0.3, 0.4) is 0 Å². The fourth-order valence-electron chi connectivity index (χ4n) is 2.52. The molecule has 140 valence electrons. The number of nitrogens with zero attached hydrogens (tertiary/aromatic N) is 1. The lowest BCUT2D eigenvalue weighted by molar-refractivity contribution is -0.123. The Morgan fingerprint density at radius 3 is 2.44 bits per heavy atom. The molecule has 2 amide bonds. The lowest BCUT2D eigenvalue weighted by atomic mass is 10.2. The van der Waals surface area contributed by atoms with E-state index >= 15 is 0 Å². The molecule has 0 atom stereocenters. The van der Waals surface area contributed by atoms with Gasteiger partial charge >= 0.3 is 0 Å². The van der Waals surface area contributed by atoms with E-state index < -0.39 is 0 Å². The van der Waals surface area contributed by atoms with E-state index in [1.807, 2.05) is 13.8 Å². The zero-order valence-electron chi connectivity index (χ0n) is 14.7. The zero-order chi connectivity index (χ0) is 19.6. The summed E-state index contributed by atoms with van der Waals surface area (Å²) in [6.07, 6.45) is 1.68. The van der Waals surface area contributed by atoms with Gasteiger partial charge in [0.2, 0.25) is 0 Å². The third-order valence-corrected chi connectivity index (χ3v) is 5.20. The number of hydrogen-bond acceptors (Lipinski definition) is 4. The predicted molar refractivity (Wildman–Crippen MR) is 110 cm³/mol. The number of halogens is 2. The number of ether oxygens (including phenoxy) is 1. The molecule has 1 heterocycles. The summed E-state index contributed by atoms with van der Waals surface area (Å²) in [7, 11) is 0. The van der Waals surface area contributed by atoms with Crippen molar-refractivity contribution in [3.63, 3.8) is 0 Å². The fourth-order valence-corrected chi connectivity index (χ4v) is 3.71. The van der Waals surface area contributed by atoms with Gasteiger partial charge < -0.3 is 4.74 Å². The van der Waals surface area contributed by atoms with Gasteiger partial charge in [-0.15, -0.1) is 0 Å². The Morgan fingerprint density at radius 1 is 1.11 bits per heavy atom. The Bertz CT molecular complexity index is 910. The maximum absolute atomic E-state index is 12.6. The minimum absolute atomic E-state index is 0.0118. The first kappa shape index (κ1) is 19.8. The van der Waals surface area contributed by atoms with Gasteiger partial charge in [0.1, 0.15) is 5.75 Å². The molecule has 4 nitrogen and oxygen atoms in total. The molecule has 0 saturated carbocycles. The zero-order valence-corrected chi connectivity index (χ0v) is 17.1. The van der Waals surface area contributed by atoms with Crippen molar-refractivity contribution in [1.82, 2.24) is 4.90 Å². The molecule has 0 spiro atoms. The van der Waals surface area contributed by atoms with Gasteiger partial charge in [0, 0.05) is 5.02 Å². The fraction of sp³-hybridized carbons (Fsp3) is 0.200. The number of benzene rings is 2. The summed E-state index contributed by atoms with van der Waals surface area (Å²) in [5.74, 6) is 0.262.